The van der Waals surface area contributed by atoms with E-state index in [1.165, 1.54) is 24.3 Å². The number of nitrogens with zero attached hydrogens (tertiary/aromatic N) is 1. The average molecular weight is 594 g/mol. The molecule has 1 saturated heterocycles. The van der Waals surface area contributed by atoms with Crippen molar-refractivity contribution in [3.63, 3.8) is 0 Å². The van der Waals surface area contributed by atoms with E-state index >= 15 is 0 Å². The van der Waals surface area contributed by atoms with Gasteiger partial charge in [0.25, 0.3) is 5.91 Å². The summed E-state index contributed by atoms with van der Waals surface area (Å²) in [6.45, 7) is -1.27. The third-order valence-electron chi connectivity index (χ3n) is 6.29. The third-order valence-corrected chi connectivity index (χ3v) is 8.69. The maximum absolute atomic E-state index is 13.2. The maximum atomic E-state index is 13.2. The van der Waals surface area contributed by atoms with Gasteiger partial charge in [0.2, 0.25) is 11.8 Å². The van der Waals surface area contributed by atoms with Crippen LogP contribution in [0.25, 0.3) is 0 Å². The zero-order valence-corrected chi connectivity index (χ0v) is 21.7. The summed E-state index contributed by atoms with van der Waals surface area (Å²) in [5, 5.41) is 11.0. The Kier molecular flexibility index (Phi) is 7.18. The lowest BCUT2D eigenvalue weighted by atomic mass is 9.83. The summed E-state index contributed by atoms with van der Waals surface area (Å²) in [7, 11) is 0. The van der Waals surface area contributed by atoms with Gasteiger partial charge in [-0.3, -0.25) is 28.9 Å². The molecular formula is C25H18F3N3O7S2. The molecule has 3 aromatic rings. The quantitative estimate of drug-likeness (QED) is 0.354. The SMILES string of the molecule is O=C(O)CN1C(=O)[C@@H]2[C@H](c3ccc(OCC(=O)Nc4cccc(C(F)(F)F)c4)cc3)c3sc(=O)[nH]c3S[C@@H]2C1=O. The first-order valence-corrected chi connectivity index (χ1v) is 13.3. The Bertz CT molecular complexity index is 1570. The van der Waals surface area contributed by atoms with Gasteiger partial charge >= 0.3 is 17.0 Å². The smallest absolute Gasteiger partial charge is 0.416 e. The fourth-order valence-electron chi connectivity index (χ4n) is 4.62. The van der Waals surface area contributed by atoms with Crippen molar-refractivity contribution in [1.82, 2.24) is 9.88 Å². The number of thiazole rings is 1. The monoisotopic (exact) mass is 593 g/mol. The normalized spacial score (nSPS) is 20.2. The predicted molar refractivity (Wildman–Crippen MR) is 136 cm³/mol. The number of carbonyl (C=O) groups is 4. The number of anilines is 1. The number of thioether (sulfide) groups is 1. The number of aromatic nitrogens is 1. The number of nitrogens with one attached hydrogen (secondary N) is 2. The van der Waals surface area contributed by atoms with Gasteiger partial charge in [0.05, 0.1) is 16.5 Å². The van der Waals surface area contributed by atoms with Crippen molar-refractivity contribution < 1.29 is 42.2 Å². The van der Waals surface area contributed by atoms with Gasteiger partial charge in [-0.15, -0.1) is 0 Å². The number of aliphatic carboxylic acids is 1. The molecule has 0 radical (unpaired) electrons. The molecule has 0 unspecified atom stereocenters. The number of hydrogen-bond donors (Lipinski definition) is 3. The number of halogens is 3. The molecule has 10 nitrogen and oxygen atoms in total. The van der Waals surface area contributed by atoms with Gasteiger partial charge in [-0.1, -0.05) is 41.3 Å². The molecule has 2 aromatic carbocycles. The number of rotatable bonds is 7. The molecule has 15 heteroatoms. The minimum Gasteiger partial charge on any atom is -0.484 e. The number of amides is 3. The van der Waals surface area contributed by atoms with Gasteiger partial charge in [-0.25, -0.2) is 0 Å². The number of carbonyl (C=O) groups excluding carboxylic acids is 3. The number of carboxylic acid groups (broad SMARTS) is 1. The molecule has 208 valence electrons. The van der Waals surface area contributed by atoms with Crippen LogP contribution in [0.15, 0.2) is 58.4 Å². The Morgan fingerprint density at radius 2 is 1.80 bits per heavy atom. The van der Waals surface area contributed by atoms with Gasteiger partial charge in [0.15, 0.2) is 6.61 Å². The molecule has 0 spiro atoms. The lowest BCUT2D eigenvalue weighted by Gasteiger charge is -2.29. The summed E-state index contributed by atoms with van der Waals surface area (Å²) in [4.78, 5) is 65.2. The topological polar surface area (TPSA) is 146 Å². The molecule has 2 aliphatic heterocycles. The fraction of sp³-hybridized carbons (Fsp3) is 0.240. The number of ether oxygens (including phenoxy) is 1. The van der Waals surface area contributed by atoms with Crippen LogP contribution in [0.5, 0.6) is 5.75 Å². The molecule has 0 bridgehead atoms. The van der Waals surface area contributed by atoms with Crippen molar-refractivity contribution in [2.45, 2.75) is 22.4 Å². The van der Waals surface area contributed by atoms with Gasteiger partial charge < -0.3 is 20.1 Å². The second-order valence-corrected chi connectivity index (χ2v) is 11.1. The number of alkyl halides is 3. The van der Waals surface area contributed by atoms with Crippen LogP contribution in [0.3, 0.4) is 0 Å². The molecule has 5 rings (SSSR count). The van der Waals surface area contributed by atoms with Crippen LogP contribution in [0.2, 0.25) is 0 Å². The van der Waals surface area contributed by atoms with E-state index in [4.69, 9.17) is 9.84 Å². The second-order valence-electron chi connectivity index (χ2n) is 8.89. The van der Waals surface area contributed by atoms with E-state index in [2.05, 4.69) is 10.3 Å². The summed E-state index contributed by atoms with van der Waals surface area (Å²) in [6.07, 6.45) is -4.56. The molecule has 0 saturated carbocycles. The van der Waals surface area contributed by atoms with Crippen molar-refractivity contribution in [2.24, 2.45) is 5.92 Å². The van der Waals surface area contributed by atoms with E-state index in [0.29, 0.717) is 20.4 Å². The molecule has 3 amide bonds. The van der Waals surface area contributed by atoms with E-state index in [1.807, 2.05) is 0 Å². The van der Waals surface area contributed by atoms with Crippen LogP contribution in [-0.4, -0.2) is 57.1 Å². The highest BCUT2D eigenvalue weighted by atomic mass is 32.2. The Morgan fingerprint density at radius 1 is 1.07 bits per heavy atom. The minimum absolute atomic E-state index is 0.0440. The van der Waals surface area contributed by atoms with E-state index in [0.717, 1.165) is 35.2 Å². The highest BCUT2D eigenvalue weighted by Gasteiger charge is 2.56. The van der Waals surface area contributed by atoms with Gasteiger partial charge in [-0.2, -0.15) is 13.2 Å². The highest BCUT2D eigenvalue weighted by Crippen LogP contribution is 2.52. The molecule has 1 fully saturated rings. The number of likely N-dealkylation sites (tertiary alicyclic amines) is 1. The molecule has 3 heterocycles. The van der Waals surface area contributed by atoms with E-state index in [1.54, 1.807) is 12.1 Å². The van der Waals surface area contributed by atoms with E-state index < -0.39 is 65.7 Å². The molecule has 0 aliphatic carbocycles. The van der Waals surface area contributed by atoms with Gasteiger partial charge in [-0.05, 0) is 35.9 Å². The van der Waals surface area contributed by atoms with Crippen molar-refractivity contribution in [2.75, 3.05) is 18.5 Å². The van der Waals surface area contributed by atoms with Crippen LogP contribution >= 0.6 is 23.1 Å². The number of benzene rings is 2. The van der Waals surface area contributed by atoms with Crippen molar-refractivity contribution in [3.8, 4) is 5.75 Å². The van der Waals surface area contributed by atoms with Crippen molar-refractivity contribution in [3.05, 3.63) is 74.2 Å². The lowest BCUT2D eigenvalue weighted by molar-refractivity contribution is -0.149. The lowest BCUT2D eigenvalue weighted by Crippen LogP contribution is -2.36. The summed E-state index contributed by atoms with van der Waals surface area (Å²) in [5.74, 6) is -4.70. The predicted octanol–water partition coefficient (Wildman–Crippen LogP) is 3.15. The van der Waals surface area contributed by atoms with Crippen LogP contribution < -0.4 is 14.9 Å². The van der Waals surface area contributed by atoms with Crippen molar-refractivity contribution in [1.29, 1.82) is 0 Å². The molecule has 1 aromatic heterocycles. The number of carboxylic acids is 1. The zero-order valence-electron chi connectivity index (χ0n) is 20.1. The summed E-state index contributed by atoms with van der Waals surface area (Å²) >= 11 is 1.92. The standard InChI is InChI=1S/C25H18F3N3O7S2/c26-25(27,28)12-2-1-3-13(8-12)29-15(32)10-38-14-6-4-11(5-7-14)17-18-20(39-21-19(17)40-24(37)30-21)23(36)31(22(18)35)9-16(33)34/h1-8,17-18,20H,9-10H2,(H,29,32)(H,30,37)(H,33,34)/t17-,18+,20-/m0/s1. The molecule has 40 heavy (non-hydrogen) atoms. The number of hydrogen-bond acceptors (Lipinski definition) is 8. The first-order chi connectivity index (χ1) is 18.9. The molecular weight excluding hydrogens is 575 g/mol. The molecule has 3 N–H and O–H groups in total. The average Bonchev–Trinajstić information content (AvgIpc) is 3.38. The Hall–Kier alpha value is -4.11. The first-order valence-electron chi connectivity index (χ1n) is 11.6. The summed E-state index contributed by atoms with van der Waals surface area (Å²) in [6, 6.07) is 10.4. The number of aromatic amines is 1. The Labute approximate surface area is 231 Å². The summed E-state index contributed by atoms with van der Waals surface area (Å²) in [5.41, 5.74) is -0.391. The van der Waals surface area contributed by atoms with E-state index in [-0.39, 0.29) is 16.3 Å². The third kappa shape index (κ3) is 5.34. The van der Waals surface area contributed by atoms with Crippen molar-refractivity contribution >= 4 is 52.5 Å². The zero-order chi connectivity index (χ0) is 28.8. The Balaban J connectivity index is 1.32. The molecule has 3 atom stereocenters. The van der Waals surface area contributed by atoms with Gasteiger partial charge in [0.1, 0.15) is 17.5 Å². The van der Waals surface area contributed by atoms with Crippen LogP contribution in [-0.2, 0) is 25.4 Å². The second kappa shape index (κ2) is 10.5. The highest BCUT2D eigenvalue weighted by molar-refractivity contribution is 8.00. The largest absolute Gasteiger partial charge is 0.484 e. The molecule has 2 aliphatic rings. The number of H-pyrrole nitrogens is 1. The minimum atomic E-state index is -4.56. The first kappa shape index (κ1) is 27.5. The van der Waals surface area contributed by atoms with E-state index in [9.17, 15) is 37.1 Å². The Morgan fingerprint density at radius 3 is 2.48 bits per heavy atom. The maximum Gasteiger partial charge on any atom is 0.416 e. The number of imide groups is 1. The van der Waals surface area contributed by atoms with Crippen LogP contribution in [0.1, 0.15) is 21.9 Å². The van der Waals surface area contributed by atoms with Crippen LogP contribution in [0.4, 0.5) is 18.9 Å². The van der Waals surface area contributed by atoms with Gasteiger partial charge in [0, 0.05) is 16.5 Å². The number of fused-ring (bicyclic) bond motifs is 2. The van der Waals surface area contributed by atoms with Crippen LogP contribution in [0, 0.1) is 5.92 Å². The fourth-order valence-corrected chi connectivity index (χ4v) is 7.15. The summed E-state index contributed by atoms with van der Waals surface area (Å²) < 4.78 is 44.1.